The van der Waals surface area contributed by atoms with Crippen LogP contribution in [-0.2, 0) is 11.2 Å². The molecule has 0 aliphatic heterocycles. The summed E-state index contributed by atoms with van der Waals surface area (Å²) in [4.78, 5) is 36.4. The van der Waals surface area contributed by atoms with Crippen molar-refractivity contribution in [2.75, 3.05) is 11.9 Å². The maximum Gasteiger partial charge on any atom is 0.269 e. The summed E-state index contributed by atoms with van der Waals surface area (Å²) in [5.41, 5.74) is 7.39. The number of rotatable bonds is 8. The van der Waals surface area contributed by atoms with E-state index in [0.717, 1.165) is 19.3 Å². The first-order chi connectivity index (χ1) is 16.1. The van der Waals surface area contributed by atoms with Crippen molar-refractivity contribution in [3.05, 3.63) is 95.6 Å². The Kier molecular flexibility index (Phi) is 6.99. The van der Waals surface area contributed by atoms with Gasteiger partial charge in [0.25, 0.3) is 11.8 Å². The minimum atomic E-state index is -0.454. The molecular weight excluding hydrogens is 418 g/mol. The van der Waals surface area contributed by atoms with Crippen LogP contribution in [0.4, 0.5) is 5.69 Å². The smallest absolute Gasteiger partial charge is 0.269 e. The topological polar surface area (TPSA) is 96.5 Å². The number of amides is 3. The van der Waals surface area contributed by atoms with Gasteiger partial charge in [0.05, 0.1) is 6.61 Å². The molecular formula is C26H25N3O4. The van der Waals surface area contributed by atoms with E-state index >= 15 is 0 Å². The van der Waals surface area contributed by atoms with Crippen molar-refractivity contribution in [3.63, 3.8) is 0 Å². The van der Waals surface area contributed by atoms with Gasteiger partial charge in [-0.1, -0.05) is 30.3 Å². The first kappa shape index (κ1) is 22.1. The molecule has 7 nitrogen and oxygen atoms in total. The second-order valence-corrected chi connectivity index (χ2v) is 7.86. The first-order valence-electron chi connectivity index (χ1n) is 10.9. The van der Waals surface area contributed by atoms with Crippen LogP contribution in [0.25, 0.3) is 0 Å². The van der Waals surface area contributed by atoms with E-state index < -0.39 is 11.8 Å². The second kappa shape index (κ2) is 10.5. The molecule has 168 valence electrons. The van der Waals surface area contributed by atoms with Crippen molar-refractivity contribution < 1.29 is 19.1 Å². The van der Waals surface area contributed by atoms with E-state index in [-0.39, 0.29) is 11.8 Å². The van der Waals surface area contributed by atoms with E-state index in [9.17, 15) is 14.4 Å². The third-order valence-corrected chi connectivity index (χ3v) is 5.27. The van der Waals surface area contributed by atoms with E-state index in [2.05, 4.69) is 16.2 Å². The van der Waals surface area contributed by atoms with Gasteiger partial charge >= 0.3 is 0 Å². The fourth-order valence-electron chi connectivity index (χ4n) is 3.19. The molecule has 0 saturated heterocycles. The van der Waals surface area contributed by atoms with Gasteiger partial charge in [0.2, 0.25) is 5.91 Å². The molecule has 1 aliphatic carbocycles. The maximum atomic E-state index is 12.3. The molecule has 0 bridgehead atoms. The van der Waals surface area contributed by atoms with Gasteiger partial charge in [0.1, 0.15) is 5.75 Å². The van der Waals surface area contributed by atoms with E-state index in [1.807, 2.05) is 30.3 Å². The van der Waals surface area contributed by atoms with Gasteiger partial charge in [-0.15, -0.1) is 0 Å². The summed E-state index contributed by atoms with van der Waals surface area (Å²) in [7, 11) is 0. The maximum absolute atomic E-state index is 12.3. The van der Waals surface area contributed by atoms with Gasteiger partial charge in [-0.3, -0.25) is 25.2 Å². The number of anilines is 1. The summed E-state index contributed by atoms with van der Waals surface area (Å²) in [5.74, 6) is -0.109. The molecule has 1 saturated carbocycles. The molecule has 3 aromatic rings. The SMILES string of the molecule is O=C(NNC(=O)c1ccc(OCCc2ccccc2)cc1)c1ccc(NC(=O)C2CC2)cc1. The molecule has 0 heterocycles. The van der Waals surface area contributed by atoms with Crippen LogP contribution >= 0.6 is 0 Å². The lowest BCUT2D eigenvalue weighted by Crippen LogP contribution is -2.41. The Labute approximate surface area is 192 Å². The number of carbonyl (C=O) groups is 3. The van der Waals surface area contributed by atoms with Crippen molar-refractivity contribution in [2.45, 2.75) is 19.3 Å². The molecule has 1 fully saturated rings. The number of nitrogens with one attached hydrogen (secondary N) is 3. The monoisotopic (exact) mass is 443 g/mol. The number of carbonyl (C=O) groups excluding carboxylic acids is 3. The average molecular weight is 444 g/mol. The largest absolute Gasteiger partial charge is 0.493 e. The molecule has 1 aliphatic rings. The van der Waals surface area contributed by atoms with Crippen LogP contribution < -0.4 is 20.9 Å². The van der Waals surface area contributed by atoms with Crippen LogP contribution in [0.15, 0.2) is 78.9 Å². The van der Waals surface area contributed by atoms with E-state index in [1.54, 1.807) is 48.5 Å². The zero-order valence-electron chi connectivity index (χ0n) is 18.0. The van der Waals surface area contributed by atoms with Crippen LogP contribution in [-0.4, -0.2) is 24.3 Å². The van der Waals surface area contributed by atoms with Crippen molar-refractivity contribution in [3.8, 4) is 5.75 Å². The number of hydrogen-bond acceptors (Lipinski definition) is 4. The van der Waals surface area contributed by atoms with Crippen molar-refractivity contribution in [1.29, 1.82) is 0 Å². The van der Waals surface area contributed by atoms with Gasteiger partial charge in [0.15, 0.2) is 0 Å². The lowest BCUT2D eigenvalue weighted by molar-refractivity contribution is -0.117. The average Bonchev–Trinajstić information content (AvgIpc) is 3.70. The van der Waals surface area contributed by atoms with Crippen LogP contribution in [0.1, 0.15) is 39.1 Å². The van der Waals surface area contributed by atoms with E-state index in [1.165, 1.54) is 5.56 Å². The first-order valence-corrected chi connectivity index (χ1v) is 10.9. The van der Waals surface area contributed by atoms with Gasteiger partial charge in [0, 0.05) is 29.2 Å². The third kappa shape index (κ3) is 6.43. The Hall–Kier alpha value is -4.13. The summed E-state index contributed by atoms with van der Waals surface area (Å²) < 4.78 is 5.72. The Morgan fingerprint density at radius 2 is 1.33 bits per heavy atom. The molecule has 0 radical (unpaired) electrons. The number of hydrogen-bond donors (Lipinski definition) is 3. The van der Waals surface area contributed by atoms with Gasteiger partial charge in [-0.2, -0.15) is 0 Å². The van der Waals surface area contributed by atoms with Crippen molar-refractivity contribution in [1.82, 2.24) is 10.9 Å². The lowest BCUT2D eigenvalue weighted by Gasteiger charge is -2.10. The Morgan fingerprint density at radius 3 is 1.91 bits per heavy atom. The highest BCUT2D eigenvalue weighted by atomic mass is 16.5. The van der Waals surface area contributed by atoms with Crippen molar-refractivity contribution >= 4 is 23.4 Å². The van der Waals surface area contributed by atoms with E-state index in [0.29, 0.717) is 29.2 Å². The zero-order chi connectivity index (χ0) is 23.0. The summed E-state index contributed by atoms with van der Waals surface area (Å²) in [6.07, 6.45) is 2.65. The molecule has 0 spiro atoms. The van der Waals surface area contributed by atoms with Gasteiger partial charge < -0.3 is 10.1 Å². The van der Waals surface area contributed by atoms with Crippen molar-refractivity contribution in [2.24, 2.45) is 5.92 Å². The zero-order valence-corrected chi connectivity index (χ0v) is 18.0. The highest BCUT2D eigenvalue weighted by Gasteiger charge is 2.29. The minimum Gasteiger partial charge on any atom is -0.493 e. The summed E-state index contributed by atoms with van der Waals surface area (Å²) >= 11 is 0. The summed E-state index contributed by atoms with van der Waals surface area (Å²) in [6.45, 7) is 0.536. The third-order valence-electron chi connectivity index (χ3n) is 5.27. The Bertz CT molecular complexity index is 1110. The standard InChI is InChI=1S/C26H25N3O4/c30-24(19-6-7-19)27-22-12-8-20(9-13-22)25(31)28-29-26(32)21-10-14-23(15-11-21)33-17-16-18-4-2-1-3-5-18/h1-5,8-15,19H,6-7,16-17H2,(H,27,30)(H,28,31)(H,29,32). The Balaban J connectivity index is 1.21. The van der Waals surface area contributed by atoms with Gasteiger partial charge in [-0.05, 0) is 66.9 Å². The molecule has 0 unspecified atom stereocenters. The predicted molar refractivity (Wildman–Crippen MR) is 125 cm³/mol. The normalized spacial score (nSPS) is 12.5. The van der Waals surface area contributed by atoms with Crippen LogP contribution in [0, 0.1) is 5.92 Å². The molecule has 0 aromatic heterocycles. The Morgan fingerprint density at radius 1 is 0.758 bits per heavy atom. The predicted octanol–water partition coefficient (Wildman–Crippen LogP) is 3.73. The van der Waals surface area contributed by atoms with Crippen LogP contribution in [0.2, 0.25) is 0 Å². The number of benzene rings is 3. The van der Waals surface area contributed by atoms with E-state index in [4.69, 9.17) is 4.74 Å². The second-order valence-electron chi connectivity index (χ2n) is 7.86. The molecule has 3 N–H and O–H groups in total. The van der Waals surface area contributed by atoms with Crippen LogP contribution in [0.3, 0.4) is 0 Å². The number of ether oxygens (including phenoxy) is 1. The molecule has 3 aromatic carbocycles. The van der Waals surface area contributed by atoms with Crippen LogP contribution in [0.5, 0.6) is 5.75 Å². The fourth-order valence-corrected chi connectivity index (χ4v) is 3.19. The molecule has 0 atom stereocenters. The molecule has 7 heteroatoms. The minimum absolute atomic E-state index is 0.00655. The lowest BCUT2D eigenvalue weighted by atomic mass is 10.2. The molecule has 33 heavy (non-hydrogen) atoms. The molecule has 4 rings (SSSR count). The highest BCUT2D eigenvalue weighted by molar-refractivity contribution is 5.99. The fraction of sp³-hybridized carbons (Fsp3) is 0.192. The quantitative estimate of drug-likeness (QED) is 0.462. The number of hydrazine groups is 1. The highest BCUT2D eigenvalue weighted by Crippen LogP contribution is 2.30. The summed E-state index contributed by atoms with van der Waals surface area (Å²) in [6, 6.07) is 23.3. The van der Waals surface area contributed by atoms with Gasteiger partial charge in [-0.25, -0.2) is 0 Å². The molecule has 3 amide bonds. The summed E-state index contributed by atoms with van der Waals surface area (Å²) in [5, 5.41) is 2.82.